The van der Waals surface area contributed by atoms with E-state index in [4.69, 9.17) is 34.9 Å². The van der Waals surface area contributed by atoms with Gasteiger partial charge in [0, 0.05) is 146 Å². The van der Waals surface area contributed by atoms with Gasteiger partial charge in [-0.2, -0.15) is 10.5 Å². The molecule has 14 aromatic heterocycles. The number of hydrogen-bond acceptors (Lipinski definition) is 9. The van der Waals surface area contributed by atoms with Gasteiger partial charge in [0.1, 0.15) is 12.1 Å². The minimum atomic E-state index is 0.336. The smallest absolute Gasteiger partial charge is 0.164 e. The molecule has 0 aliphatic carbocycles. The van der Waals surface area contributed by atoms with Gasteiger partial charge in [0.25, 0.3) is 0 Å². The van der Waals surface area contributed by atoms with Crippen molar-refractivity contribution in [1.82, 2.24) is 71.4 Å². The van der Waals surface area contributed by atoms with Gasteiger partial charge >= 0.3 is 0 Å². The SMILES string of the molecule is Cc1ccc2c(c1)c1ccccc1n2-c1c(C#N)c(-c2cccnc2)c(-n2c3ccccc3c3cc(C)ccc32)c(-n2c3ccccc3c3cc(C)ccc32)c1-n1c2ccccc2c2cc(C)ccc21.N#Cc1c(-c2nc(-c3ccccc3)cc(-c3ccccc3)n2)c(-n2c3ccccc3c3ccncc32)c(-n2c3ccccc3c3ccncc32)c(-n2c3ccccc3c3ccncc32)c1-n1c2ccccc2c2ccncc21. The zero-order valence-electron chi connectivity index (χ0n) is 80.6. The molecule has 0 fully saturated rings. The molecular weight excluding hydrogens is 1810 g/mol. The van der Waals surface area contributed by atoms with Crippen molar-refractivity contribution in [2.24, 2.45) is 0 Å². The Hall–Kier alpha value is -20.3. The Morgan fingerprint density at radius 3 is 0.723 bits per heavy atom. The number of fused-ring (bicyclic) bond motifs is 24. The molecule has 30 rings (SSSR count). The molecular formula is C131H83N17. The van der Waals surface area contributed by atoms with Crippen LogP contribution < -0.4 is 0 Å². The largest absolute Gasteiger partial charge is 0.306 e. The number of pyridine rings is 5. The summed E-state index contributed by atoms with van der Waals surface area (Å²) < 4.78 is 19.0. The molecule has 0 spiro atoms. The minimum absolute atomic E-state index is 0.336. The molecule has 0 amide bonds. The van der Waals surface area contributed by atoms with Crippen molar-refractivity contribution in [3.63, 3.8) is 0 Å². The number of benzene rings is 16. The third kappa shape index (κ3) is 12.5. The summed E-state index contributed by atoms with van der Waals surface area (Å²) in [5.74, 6) is 0.354. The van der Waals surface area contributed by atoms with Crippen LogP contribution in [0.1, 0.15) is 33.4 Å². The summed E-state index contributed by atoms with van der Waals surface area (Å²) >= 11 is 0. The lowest BCUT2D eigenvalue weighted by atomic mass is 9.93. The maximum absolute atomic E-state index is 12.8. The van der Waals surface area contributed by atoms with Gasteiger partial charge in [-0.05, 0) is 161 Å². The Morgan fingerprint density at radius 2 is 0.412 bits per heavy atom. The van der Waals surface area contributed by atoms with Gasteiger partial charge in [-0.25, -0.2) is 9.97 Å². The van der Waals surface area contributed by atoms with Crippen LogP contribution in [0.15, 0.2) is 432 Å². The predicted octanol–water partition coefficient (Wildman–Crippen LogP) is 31.6. The Bertz CT molecular complexity index is 10700. The highest BCUT2D eigenvalue weighted by Gasteiger charge is 2.40. The van der Waals surface area contributed by atoms with Gasteiger partial charge < -0.3 is 36.5 Å². The summed E-state index contributed by atoms with van der Waals surface area (Å²) in [4.78, 5) is 35.6. The molecule has 17 heteroatoms. The van der Waals surface area contributed by atoms with Crippen LogP contribution in [0.5, 0.6) is 0 Å². The van der Waals surface area contributed by atoms with E-state index in [-0.39, 0.29) is 0 Å². The van der Waals surface area contributed by atoms with E-state index in [9.17, 15) is 10.5 Å². The van der Waals surface area contributed by atoms with E-state index in [0.717, 1.165) is 225 Å². The summed E-state index contributed by atoms with van der Waals surface area (Å²) in [6.45, 7) is 8.66. The molecule has 0 saturated heterocycles. The molecule has 692 valence electrons. The molecule has 0 unspecified atom stereocenters. The van der Waals surface area contributed by atoms with E-state index >= 15 is 0 Å². The highest BCUT2D eigenvalue weighted by molar-refractivity contribution is 6.21. The van der Waals surface area contributed by atoms with Crippen molar-refractivity contribution in [2.75, 3.05) is 0 Å². The topological polar surface area (TPSA) is 177 Å². The van der Waals surface area contributed by atoms with E-state index in [2.05, 4.69) is 398 Å². The number of aromatic nitrogens is 15. The minimum Gasteiger partial charge on any atom is -0.306 e. The molecule has 30 aromatic rings. The summed E-state index contributed by atoms with van der Waals surface area (Å²) in [5, 5.41) is 42.5. The lowest BCUT2D eigenvalue weighted by Crippen LogP contribution is -2.17. The summed E-state index contributed by atoms with van der Waals surface area (Å²) in [7, 11) is 0. The number of hydrogen-bond donors (Lipinski definition) is 0. The molecule has 14 heterocycles. The van der Waals surface area contributed by atoms with Crippen LogP contribution in [0.3, 0.4) is 0 Å². The first-order valence-electron chi connectivity index (χ1n) is 49.6. The molecule has 0 aliphatic rings. The van der Waals surface area contributed by atoms with Gasteiger partial charge in [-0.1, -0.05) is 259 Å². The predicted molar refractivity (Wildman–Crippen MR) is 602 cm³/mol. The summed E-state index contributed by atoms with van der Waals surface area (Å²) in [5.41, 5.74) is 32.4. The number of nitrogens with zero attached hydrogens (tertiary/aromatic N) is 17. The van der Waals surface area contributed by atoms with Crippen molar-refractivity contribution in [3.8, 4) is 103 Å². The van der Waals surface area contributed by atoms with Gasteiger partial charge in [-0.3, -0.25) is 24.9 Å². The first-order chi connectivity index (χ1) is 73.1. The zero-order chi connectivity index (χ0) is 98.4. The average Bonchev–Trinajstić information content (AvgIpc) is 1.49. The Kier molecular flexibility index (Phi) is 19.0. The maximum Gasteiger partial charge on any atom is 0.164 e. The Balaban J connectivity index is 0.000000140. The van der Waals surface area contributed by atoms with Gasteiger partial charge in [0.05, 0.1) is 187 Å². The molecule has 0 radical (unpaired) electrons. The molecule has 0 bridgehead atoms. The quantitative estimate of drug-likeness (QED) is 0.115. The van der Waals surface area contributed by atoms with Crippen molar-refractivity contribution < 1.29 is 0 Å². The normalized spacial score (nSPS) is 11.9. The molecule has 148 heavy (non-hydrogen) atoms. The Morgan fingerprint density at radius 1 is 0.182 bits per heavy atom. The highest BCUT2D eigenvalue weighted by atomic mass is 15.2. The standard InChI is InChI=1S/C67H39N11.C64H44N6/c68-36-51-62(67-73-52(41-15-3-1-4-16-41)35-53(74-67)42-17-5-2-6-18-42)64(76-55-24-12-8-20-44(55)48-28-32-70-38-59(48)76)66(78-57-26-14-10-22-46(57)50-30-34-72-40-61(50)78)65(77-56-25-13-9-21-45(56)49-29-33-71-39-60(49)77)63(51)75-54-23-11-7-19-43(54)47-27-31-69-37-58(47)75;1-38-23-27-56-47(32-38)43-15-5-9-19-52(43)67(56)61-51(36-65)60(42-14-13-31-66-37-42)62(68-53-20-10-6-16-44(53)48-33-39(2)24-28-57(48)68)64(70-55-22-12-8-18-46(55)50-35-41(4)26-30-59(50)70)63(61)69-54-21-11-7-17-45(54)49-34-40(3)25-29-58(49)69/h1-35,37-40H;5-35,37H,1-4H3. The number of para-hydroxylation sites is 8. The average molecular weight is 1900 g/mol. The maximum atomic E-state index is 12.8. The van der Waals surface area contributed by atoms with Crippen molar-refractivity contribution >= 4 is 174 Å². The molecule has 0 aliphatic heterocycles. The van der Waals surface area contributed by atoms with Crippen molar-refractivity contribution in [1.29, 1.82) is 10.5 Å². The van der Waals surface area contributed by atoms with E-state index in [0.29, 0.717) is 51.0 Å². The van der Waals surface area contributed by atoms with E-state index in [1.807, 2.05) is 110 Å². The fraction of sp³-hybridized carbons (Fsp3) is 0.0305. The third-order valence-corrected chi connectivity index (χ3v) is 30.1. The van der Waals surface area contributed by atoms with Gasteiger partial charge in [-0.15, -0.1) is 0 Å². The molecule has 17 nitrogen and oxygen atoms in total. The van der Waals surface area contributed by atoms with Crippen LogP contribution in [0.4, 0.5) is 0 Å². The lowest BCUT2D eigenvalue weighted by molar-refractivity contribution is 1.01. The van der Waals surface area contributed by atoms with Crippen LogP contribution >= 0.6 is 0 Å². The number of aryl methyl sites for hydroxylation is 4. The van der Waals surface area contributed by atoms with E-state index < -0.39 is 0 Å². The van der Waals surface area contributed by atoms with E-state index in [1.54, 1.807) is 0 Å². The fourth-order valence-electron chi connectivity index (χ4n) is 24.0. The first kappa shape index (κ1) is 84.6. The molecule has 0 saturated carbocycles. The van der Waals surface area contributed by atoms with Crippen LogP contribution in [-0.2, 0) is 0 Å². The van der Waals surface area contributed by atoms with E-state index in [1.165, 1.54) is 22.3 Å². The second-order valence-corrected chi connectivity index (χ2v) is 38.4. The first-order valence-corrected chi connectivity index (χ1v) is 49.6. The van der Waals surface area contributed by atoms with Crippen LogP contribution in [0.2, 0.25) is 0 Å². The monoisotopic (exact) mass is 1890 g/mol. The van der Waals surface area contributed by atoms with Gasteiger partial charge in [0.2, 0.25) is 0 Å². The molecule has 16 aromatic carbocycles. The van der Waals surface area contributed by atoms with Crippen LogP contribution in [-0.4, -0.2) is 71.4 Å². The number of nitriles is 2. The van der Waals surface area contributed by atoms with Crippen LogP contribution in [0, 0.1) is 50.4 Å². The van der Waals surface area contributed by atoms with Crippen molar-refractivity contribution in [2.45, 2.75) is 27.7 Å². The second kappa shape index (κ2) is 33.2. The zero-order valence-corrected chi connectivity index (χ0v) is 80.6. The molecule has 0 atom stereocenters. The fourth-order valence-corrected chi connectivity index (χ4v) is 24.0. The summed E-state index contributed by atoms with van der Waals surface area (Å²) in [6.07, 6.45) is 18.8. The highest BCUT2D eigenvalue weighted by Crippen LogP contribution is 2.56. The Labute approximate surface area is 846 Å². The second-order valence-electron chi connectivity index (χ2n) is 38.4. The number of rotatable bonds is 12. The van der Waals surface area contributed by atoms with Crippen molar-refractivity contribution in [3.05, 3.63) is 465 Å². The third-order valence-electron chi connectivity index (χ3n) is 30.1. The lowest BCUT2D eigenvalue weighted by Gasteiger charge is -2.29. The summed E-state index contributed by atoms with van der Waals surface area (Å²) in [6, 6.07) is 137. The van der Waals surface area contributed by atoms with Gasteiger partial charge in [0.15, 0.2) is 5.82 Å². The molecule has 0 N–H and O–H groups in total. The van der Waals surface area contributed by atoms with Crippen LogP contribution in [0.25, 0.3) is 265 Å².